The Morgan fingerprint density at radius 2 is 1.95 bits per heavy atom. The van der Waals surface area contributed by atoms with Crippen LogP contribution in [-0.4, -0.2) is 27.8 Å². The molecule has 0 unspecified atom stereocenters. The number of hydrogen-bond acceptors (Lipinski definition) is 3. The summed E-state index contributed by atoms with van der Waals surface area (Å²) in [6.07, 6.45) is 2.86. The standard InChI is InChI=1S/C13H19N3O.C2H6/c1-9(2)13-11-7-16(8-17)6-4-5-12(11)14-10(3)15-13;1-2/h8-9H,4-7H2,1-3H3;1-2H3. The van der Waals surface area contributed by atoms with Gasteiger partial charge in [0.25, 0.3) is 0 Å². The SMILES string of the molecule is CC.Cc1nc2c(c(C(C)C)n1)CN(C=O)CCC2. The second kappa shape index (κ2) is 7.22. The van der Waals surface area contributed by atoms with Gasteiger partial charge in [0.2, 0.25) is 6.41 Å². The minimum atomic E-state index is 0.372. The van der Waals surface area contributed by atoms with E-state index >= 15 is 0 Å². The molecule has 2 heterocycles. The Kier molecular flexibility index (Phi) is 5.93. The molecule has 0 bridgehead atoms. The quantitative estimate of drug-likeness (QED) is 0.771. The van der Waals surface area contributed by atoms with Crippen LogP contribution in [0.15, 0.2) is 0 Å². The van der Waals surface area contributed by atoms with Gasteiger partial charge in [0.05, 0.1) is 5.69 Å². The fraction of sp³-hybridized carbons (Fsp3) is 0.667. The van der Waals surface area contributed by atoms with Crippen LogP contribution in [0.4, 0.5) is 0 Å². The maximum atomic E-state index is 11.0. The van der Waals surface area contributed by atoms with Gasteiger partial charge in [0.1, 0.15) is 5.82 Å². The van der Waals surface area contributed by atoms with E-state index in [9.17, 15) is 4.79 Å². The number of nitrogens with zero attached hydrogens (tertiary/aromatic N) is 3. The maximum Gasteiger partial charge on any atom is 0.210 e. The summed E-state index contributed by atoms with van der Waals surface area (Å²) in [6.45, 7) is 11.7. The van der Waals surface area contributed by atoms with Crippen molar-refractivity contribution < 1.29 is 4.79 Å². The highest BCUT2D eigenvalue weighted by molar-refractivity contribution is 5.48. The number of amides is 1. The third-order valence-corrected chi connectivity index (χ3v) is 3.15. The van der Waals surface area contributed by atoms with Crippen molar-refractivity contribution in [2.45, 2.75) is 59.9 Å². The van der Waals surface area contributed by atoms with Crippen molar-refractivity contribution in [3.8, 4) is 0 Å². The van der Waals surface area contributed by atoms with Crippen LogP contribution in [0.5, 0.6) is 0 Å². The van der Waals surface area contributed by atoms with Gasteiger partial charge in [-0.2, -0.15) is 0 Å². The molecule has 0 spiro atoms. The Labute approximate surface area is 116 Å². The van der Waals surface area contributed by atoms with Crippen molar-refractivity contribution in [1.82, 2.24) is 14.9 Å². The monoisotopic (exact) mass is 263 g/mol. The smallest absolute Gasteiger partial charge is 0.210 e. The molecule has 0 fully saturated rings. The van der Waals surface area contributed by atoms with E-state index in [2.05, 4.69) is 23.8 Å². The van der Waals surface area contributed by atoms with E-state index in [1.807, 2.05) is 25.7 Å². The number of rotatable bonds is 2. The van der Waals surface area contributed by atoms with Gasteiger partial charge >= 0.3 is 0 Å². The molecular formula is C15H25N3O. The van der Waals surface area contributed by atoms with Gasteiger partial charge in [-0.05, 0) is 25.7 Å². The van der Waals surface area contributed by atoms with Crippen molar-refractivity contribution >= 4 is 6.41 Å². The summed E-state index contributed by atoms with van der Waals surface area (Å²) in [5, 5.41) is 0. The van der Waals surface area contributed by atoms with Crippen molar-refractivity contribution in [3.63, 3.8) is 0 Å². The normalized spacial score (nSPS) is 14.3. The fourth-order valence-electron chi connectivity index (χ4n) is 2.36. The van der Waals surface area contributed by atoms with Gasteiger partial charge in [0, 0.05) is 24.3 Å². The number of carbonyl (C=O) groups excluding carboxylic acids is 1. The summed E-state index contributed by atoms with van der Waals surface area (Å²) in [4.78, 5) is 21.8. The maximum absolute atomic E-state index is 11.0. The molecule has 0 aliphatic carbocycles. The first-order chi connectivity index (χ1) is 9.11. The van der Waals surface area contributed by atoms with Crippen LogP contribution in [0.2, 0.25) is 0 Å². The molecule has 1 aliphatic heterocycles. The molecule has 1 aliphatic rings. The Hall–Kier alpha value is -1.45. The van der Waals surface area contributed by atoms with Gasteiger partial charge < -0.3 is 4.90 Å². The summed E-state index contributed by atoms with van der Waals surface area (Å²) < 4.78 is 0. The number of carbonyl (C=O) groups is 1. The molecule has 0 saturated carbocycles. The molecule has 0 saturated heterocycles. The zero-order chi connectivity index (χ0) is 14.4. The summed E-state index contributed by atoms with van der Waals surface area (Å²) in [5.41, 5.74) is 3.39. The molecule has 1 amide bonds. The lowest BCUT2D eigenvalue weighted by atomic mass is 10.0. The predicted octanol–water partition coefficient (Wildman–Crippen LogP) is 2.84. The largest absolute Gasteiger partial charge is 0.341 e. The lowest BCUT2D eigenvalue weighted by molar-refractivity contribution is -0.118. The van der Waals surface area contributed by atoms with Gasteiger partial charge in [-0.1, -0.05) is 27.7 Å². The fourth-order valence-corrected chi connectivity index (χ4v) is 2.36. The molecule has 1 aromatic heterocycles. The Balaban J connectivity index is 0.000000861. The van der Waals surface area contributed by atoms with Crippen LogP contribution in [0, 0.1) is 6.92 Å². The van der Waals surface area contributed by atoms with Crippen molar-refractivity contribution in [3.05, 3.63) is 22.8 Å². The van der Waals surface area contributed by atoms with Crippen LogP contribution in [0.25, 0.3) is 0 Å². The number of aryl methyl sites for hydroxylation is 2. The molecule has 2 rings (SSSR count). The number of aromatic nitrogens is 2. The van der Waals surface area contributed by atoms with Gasteiger partial charge in [-0.15, -0.1) is 0 Å². The molecule has 106 valence electrons. The summed E-state index contributed by atoms with van der Waals surface area (Å²) >= 11 is 0. The summed E-state index contributed by atoms with van der Waals surface area (Å²) in [5.74, 6) is 1.21. The first-order valence-corrected chi connectivity index (χ1v) is 7.17. The average molecular weight is 263 g/mol. The molecule has 4 heteroatoms. The minimum Gasteiger partial charge on any atom is -0.341 e. The van der Waals surface area contributed by atoms with E-state index in [4.69, 9.17) is 0 Å². The molecular weight excluding hydrogens is 238 g/mol. The number of hydrogen-bond donors (Lipinski definition) is 0. The van der Waals surface area contributed by atoms with Crippen LogP contribution in [0.3, 0.4) is 0 Å². The lowest BCUT2D eigenvalue weighted by Crippen LogP contribution is -2.22. The lowest BCUT2D eigenvalue weighted by Gasteiger charge is -2.18. The molecule has 19 heavy (non-hydrogen) atoms. The summed E-state index contributed by atoms with van der Waals surface area (Å²) in [7, 11) is 0. The van der Waals surface area contributed by atoms with Crippen LogP contribution < -0.4 is 0 Å². The third kappa shape index (κ3) is 3.75. The Bertz CT molecular complexity index is 430. The van der Waals surface area contributed by atoms with Crippen LogP contribution >= 0.6 is 0 Å². The molecule has 4 nitrogen and oxygen atoms in total. The van der Waals surface area contributed by atoms with E-state index < -0.39 is 0 Å². The highest BCUT2D eigenvalue weighted by Crippen LogP contribution is 2.24. The second-order valence-corrected chi connectivity index (χ2v) is 4.92. The van der Waals surface area contributed by atoms with Gasteiger partial charge in [0.15, 0.2) is 0 Å². The zero-order valence-electron chi connectivity index (χ0n) is 12.7. The minimum absolute atomic E-state index is 0.372. The van der Waals surface area contributed by atoms with Gasteiger partial charge in [-0.25, -0.2) is 9.97 Å². The van der Waals surface area contributed by atoms with E-state index in [1.165, 1.54) is 0 Å². The zero-order valence-corrected chi connectivity index (χ0v) is 12.7. The molecule has 1 aromatic rings. The predicted molar refractivity (Wildman–Crippen MR) is 77.0 cm³/mol. The van der Waals surface area contributed by atoms with E-state index in [0.717, 1.165) is 48.6 Å². The van der Waals surface area contributed by atoms with E-state index in [0.29, 0.717) is 12.5 Å². The van der Waals surface area contributed by atoms with E-state index in [1.54, 1.807) is 0 Å². The molecule has 0 atom stereocenters. The average Bonchev–Trinajstić information content (AvgIpc) is 2.61. The molecule has 0 N–H and O–H groups in total. The third-order valence-electron chi connectivity index (χ3n) is 3.15. The van der Waals surface area contributed by atoms with Crippen molar-refractivity contribution in [2.75, 3.05) is 6.54 Å². The molecule has 0 aromatic carbocycles. The van der Waals surface area contributed by atoms with E-state index in [-0.39, 0.29) is 0 Å². The number of fused-ring (bicyclic) bond motifs is 1. The highest BCUT2D eigenvalue weighted by Gasteiger charge is 2.20. The van der Waals surface area contributed by atoms with Crippen LogP contribution in [0.1, 0.15) is 62.8 Å². The highest BCUT2D eigenvalue weighted by atomic mass is 16.1. The Morgan fingerprint density at radius 3 is 2.53 bits per heavy atom. The first-order valence-electron chi connectivity index (χ1n) is 7.17. The molecule has 0 radical (unpaired) electrons. The van der Waals surface area contributed by atoms with Crippen molar-refractivity contribution in [1.29, 1.82) is 0 Å². The van der Waals surface area contributed by atoms with Crippen molar-refractivity contribution in [2.24, 2.45) is 0 Å². The first kappa shape index (κ1) is 15.6. The second-order valence-electron chi connectivity index (χ2n) is 4.92. The Morgan fingerprint density at radius 1 is 1.26 bits per heavy atom. The topological polar surface area (TPSA) is 46.1 Å². The summed E-state index contributed by atoms with van der Waals surface area (Å²) in [6, 6.07) is 0. The van der Waals surface area contributed by atoms with Gasteiger partial charge in [-0.3, -0.25) is 4.79 Å². The van der Waals surface area contributed by atoms with Crippen LogP contribution in [-0.2, 0) is 17.8 Å².